The van der Waals surface area contributed by atoms with Gasteiger partial charge in [-0.1, -0.05) is 30.0 Å². The van der Waals surface area contributed by atoms with E-state index in [1.165, 1.54) is 39.2 Å². The van der Waals surface area contributed by atoms with E-state index >= 15 is 0 Å². The molecular formula is C20H21FN2O4S. The fourth-order valence-electron chi connectivity index (χ4n) is 2.86. The zero-order chi connectivity index (χ0) is 20.1. The van der Waals surface area contributed by atoms with Crippen LogP contribution in [-0.4, -0.2) is 50.4 Å². The van der Waals surface area contributed by atoms with Gasteiger partial charge >= 0.3 is 0 Å². The fraction of sp³-hybridized carbons (Fsp3) is 0.300. The lowest BCUT2D eigenvalue weighted by atomic mass is 10.1. The molecule has 1 aliphatic heterocycles. The molecule has 1 heterocycles. The van der Waals surface area contributed by atoms with Gasteiger partial charge in [-0.2, -0.15) is 0 Å². The summed E-state index contributed by atoms with van der Waals surface area (Å²) >= 11 is 1.34. The molecule has 0 aliphatic carbocycles. The summed E-state index contributed by atoms with van der Waals surface area (Å²) in [4.78, 5) is 19.1. The average molecular weight is 404 g/mol. The molecule has 0 aromatic heterocycles. The Morgan fingerprint density at radius 1 is 1.14 bits per heavy atom. The molecule has 0 radical (unpaired) electrons. The van der Waals surface area contributed by atoms with E-state index in [2.05, 4.69) is 4.99 Å². The number of halogens is 1. The number of nitrogens with zero attached hydrogens (tertiary/aromatic N) is 2. The number of carbonyl (C=O) groups is 1. The predicted molar refractivity (Wildman–Crippen MR) is 107 cm³/mol. The summed E-state index contributed by atoms with van der Waals surface area (Å²) in [6.07, 6.45) is 0. The smallest absolute Gasteiger partial charge is 0.260 e. The minimum atomic E-state index is -0.267. The van der Waals surface area contributed by atoms with Crippen molar-refractivity contribution in [2.75, 3.05) is 34.4 Å². The van der Waals surface area contributed by atoms with E-state index in [-0.39, 0.29) is 11.7 Å². The van der Waals surface area contributed by atoms with Gasteiger partial charge in [0.05, 0.1) is 27.9 Å². The standard InChI is InChI=1S/C20H21FN2O4S/c1-25-16-10-14(11-17(26-2)18(16)27-3)19(24)23-9-8-22-20(23)28-12-13-6-4-5-7-15(13)21/h4-7,10-11H,8-9,12H2,1-3H3. The maximum absolute atomic E-state index is 13.8. The van der Waals surface area contributed by atoms with Gasteiger partial charge in [-0.25, -0.2) is 4.39 Å². The molecule has 3 rings (SSSR count). The van der Waals surface area contributed by atoms with Crippen molar-refractivity contribution in [2.45, 2.75) is 5.75 Å². The third-order valence-electron chi connectivity index (χ3n) is 4.27. The second-order valence-corrected chi connectivity index (χ2v) is 6.86. The van der Waals surface area contributed by atoms with E-state index in [9.17, 15) is 9.18 Å². The summed E-state index contributed by atoms with van der Waals surface area (Å²) in [5.74, 6) is 1.13. The molecule has 0 saturated carbocycles. The normalized spacial score (nSPS) is 13.3. The molecular weight excluding hydrogens is 383 g/mol. The van der Waals surface area contributed by atoms with Crippen LogP contribution in [0.5, 0.6) is 17.2 Å². The van der Waals surface area contributed by atoms with Crippen LogP contribution in [-0.2, 0) is 5.75 Å². The first kappa shape index (κ1) is 20.0. The number of amides is 1. The van der Waals surface area contributed by atoms with E-state index in [4.69, 9.17) is 14.2 Å². The number of methoxy groups -OCH3 is 3. The van der Waals surface area contributed by atoms with E-state index < -0.39 is 0 Å². The lowest BCUT2D eigenvalue weighted by molar-refractivity contribution is 0.0860. The highest BCUT2D eigenvalue weighted by Crippen LogP contribution is 2.38. The largest absolute Gasteiger partial charge is 0.493 e. The molecule has 0 unspecified atom stereocenters. The Labute approximate surface area is 167 Å². The van der Waals surface area contributed by atoms with Crippen molar-refractivity contribution in [2.24, 2.45) is 4.99 Å². The number of amidine groups is 1. The molecule has 1 aliphatic rings. The lowest BCUT2D eigenvalue weighted by Crippen LogP contribution is -2.33. The summed E-state index contributed by atoms with van der Waals surface area (Å²) in [5.41, 5.74) is 0.970. The summed E-state index contributed by atoms with van der Waals surface area (Å²) in [6, 6.07) is 9.81. The molecule has 0 fully saturated rings. The second-order valence-electron chi connectivity index (χ2n) is 5.92. The molecule has 6 nitrogen and oxygen atoms in total. The van der Waals surface area contributed by atoms with Gasteiger partial charge in [0.25, 0.3) is 5.91 Å². The molecule has 28 heavy (non-hydrogen) atoms. The van der Waals surface area contributed by atoms with Gasteiger partial charge in [0.2, 0.25) is 5.75 Å². The number of ether oxygens (including phenoxy) is 3. The summed E-state index contributed by atoms with van der Waals surface area (Å²) in [6.45, 7) is 0.977. The average Bonchev–Trinajstić information content (AvgIpc) is 3.20. The zero-order valence-corrected chi connectivity index (χ0v) is 16.7. The molecule has 2 aromatic rings. The number of benzene rings is 2. The van der Waals surface area contributed by atoms with Crippen molar-refractivity contribution in [3.05, 3.63) is 53.3 Å². The maximum Gasteiger partial charge on any atom is 0.260 e. The number of thioether (sulfide) groups is 1. The Hall–Kier alpha value is -2.74. The summed E-state index contributed by atoms with van der Waals surface area (Å²) in [7, 11) is 4.50. The van der Waals surface area contributed by atoms with E-state index in [1.807, 2.05) is 0 Å². The fourth-order valence-corrected chi connectivity index (χ4v) is 3.89. The molecule has 0 N–H and O–H groups in total. The van der Waals surface area contributed by atoms with E-state index in [1.54, 1.807) is 35.2 Å². The molecule has 2 aromatic carbocycles. The van der Waals surface area contributed by atoms with Gasteiger partial charge in [0.15, 0.2) is 16.7 Å². The zero-order valence-electron chi connectivity index (χ0n) is 15.9. The maximum atomic E-state index is 13.8. The SMILES string of the molecule is COc1cc(C(=O)N2CCN=C2SCc2ccccc2F)cc(OC)c1OC. The number of aliphatic imine (C=N–C) groups is 1. The first-order chi connectivity index (χ1) is 13.6. The van der Waals surface area contributed by atoms with Crippen LogP contribution in [0.1, 0.15) is 15.9 Å². The van der Waals surface area contributed by atoms with Crippen molar-refractivity contribution >= 4 is 22.8 Å². The molecule has 0 saturated heterocycles. The Morgan fingerprint density at radius 3 is 2.43 bits per heavy atom. The lowest BCUT2D eigenvalue weighted by Gasteiger charge is -2.20. The minimum absolute atomic E-state index is 0.225. The van der Waals surface area contributed by atoms with Crippen LogP contribution >= 0.6 is 11.8 Å². The molecule has 8 heteroatoms. The van der Waals surface area contributed by atoms with Crippen LogP contribution in [0.15, 0.2) is 41.4 Å². The highest BCUT2D eigenvalue weighted by molar-refractivity contribution is 8.13. The molecule has 0 spiro atoms. The molecule has 148 valence electrons. The highest BCUT2D eigenvalue weighted by atomic mass is 32.2. The Bertz CT molecular complexity index is 879. The molecule has 1 amide bonds. The van der Waals surface area contributed by atoms with Gasteiger partial charge in [0.1, 0.15) is 5.82 Å². The molecule has 0 bridgehead atoms. The van der Waals surface area contributed by atoms with Crippen LogP contribution in [0.25, 0.3) is 0 Å². The molecule has 0 atom stereocenters. The van der Waals surface area contributed by atoms with E-state index in [0.717, 1.165) is 0 Å². The van der Waals surface area contributed by atoms with Crippen molar-refractivity contribution in [1.29, 1.82) is 0 Å². The first-order valence-electron chi connectivity index (χ1n) is 8.61. The predicted octanol–water partition coefficient (Wildman–Crippen LogP) is 3.60. The van der Waals surface area contributed by atoms with E-state index in [0.29, 0.717) is 52.4 Å². The Balaban J connectivity index is 1.80. The van der Waals surface area contributed by atoms with Crippen molar-refractivity contribution in [3.8, 4) is 17.2 Å². The topological polar surface area (TPSA) is 60.4 Å². The minimum Gasteiger partial charge on any atom is -0.493 e. The number of carbonyl (C=O) groups excluding carboxylic acids is 1. The van der Waals surface area contributed by atoms with Crippen LogP contribution in [0.3, 0.4) is 0 Å². The van der Waals surface area contributed by atoms with Crippen molar-refractivity contribution < 1.29 is 23.4 Å². The Morgan fingerprint density at radius 2 is 1.82 bits per heavy atom. The second kappa shape index (κ2) is 8.97. The number of hydrogen-bond acceptors (Lipinski definition) is 6. The summed E-state index contributed by atoms with van der Waals surface area (Å²) < 4.78 is 29.8. The van der Waals surface area contributed by atoms with Gasteiger partial charge in [-0.3, -0.25) is 14.7 Å². The number of hydrogen-bond donors (Lipinski definition) is 0. The third-order valence-corrected chi connectivity index (χ3v) is 5.34. The van der Waals surface area contributed by atoms with Gasteiger partial charge in [0, 0.05) is 17.9 Å². The summed E-state index contributed by atoms with van der Waals surface area (Å²) in [5, 5.41) is 0.571. The van der Waals surface area contributed by atoms with Crippen LogP contribution < -0.4 is 14.2 Å². The number of rotatable bonds is 6. The van der Waals surface area contributed by atoms with Gasteiger partial charge in [-0.05, 0) is 23.8 Å². The van der Waals surface area contributed by atoms with Gasteiger partial charge < -0.3 is 14.2 Å². The first-order valence-corrected chi connectivity index (χ1v) is 9.60. The van der Waals surface area contributed by atoms with Crippen molar-refractivity contribution in [3.63, 3.8) is 0 Å². The monoisotopic (exact) mass is 404 g/mol. The van der Waals surface area contributed by atoms with Crippen LogP contribution in [0.4, 0.5) is 4.39 Å². The van der Waals surface area contributed by atoms with Crippen molar-refractivity contribution in [1.82, 2.24) is 4.90 Å². The van der Waals surface area contributed by atoms with Gasteiger partial charge in [-0.15, -0.1) is 0 Å². The highest BCUT2D eigenvalue weighted by Gasteiger charge is 2.27. The Kier molecular flexibility index (Phi) is 6.41. The van der Waals surface area contributed by atoms with Crippen LogP contribution in [0.2, 0.25) is 0 Å². The third kappa shape index (κ3) is 4.06. The quantitative estimate of drug-likeness (QED) is 0.736. The van der Waals surface area contributed by atoms with Crippen LogP contribution in [0, 0.1) is 5.82 Å².